The zero-order valence-electron chi connectivity index (χ0n) is 14.0. The number of carbonyl (C=O) groups is 2. The van der Waals surface area contributed by atoms with Crippen molar-refractivity contribution in [2.24, 2.45) is 5.73 Å². The molecule has 0 unspecified atom stereocenters. The molecular weight excluding hydrogens is 338 g/mol. The van der Waals surface area contributed by atoms with Gasteiger partial charge in [-0.3, -0.25) is 19.7 Å². The number of hydrogen-bond donors (Lipinski definition) is 2. The Bertz CT molecular complexity index is 762. The lowest BCUT2D eigenvalue weighted by molar-refractivity contribution is -0.384. The summed E-state index contributed by atoms with van der Waals surface area (Å²) < 4.78 is 5.32. The summed E-state index contributed by atoms with van der Waals surface area (Å²) in [6.07, 6.45) is 0.137. The van der Waals surface area contributed by atoms with Crippen LogP contribution in [0.1, 0.15) is 11.1 Å². The quantitative estimate of drug-likeness (QED) is 0.517. The van der Waals surface area contributed by atoms with E-state index in [4.69, 9.17) is 10.5 Å². The Labute approximate surface area is 150 Å². The summed E-state index contributed by atoms with van der Waals surface area (Å²) in [5.74, 6) is -1.16. The first-order chi connectivity index (χ1) is 12.5. The van der Waals surface area contributed by atoms with E-state index in [-0.39, 0.29) is 25.3 Å². The molecule has 0 aliphatic heterocycles. The SMILES string of the molecule is NC(=O)[C@H](Cc1ccc([N+](=O)[O-])cc1)NC(=O)COCc1ccccc1. The number of carbonyl (C=O) groups excluding carboxylic acids is 2. The van der Waals surface area contributed by atoms with Gasteiger partial charge in [-0.2, -0.15) is 0 Å². The lowest BCUT2D eigenvalue weighted by Gasteiger charge is -2.15. The highest BCUT2D eigenvalue weighted by atomic mass is 16.6. The van der Waals surface area contributed by atoms with Gasteiger partial charge in [-0.05, 0) is 11.1 Å². The molecule has 1 atom stereocenters. The van der Waals surface area contributed by atoms with Crippen LogP contribution in [0.4, 0.5) is 5.69 Å². The third-order valence-corrected chi connectivity index (χ3v) is 3.61. The van der Waals surface area contributed by atoms with Crippen molar-refractivity contribution < 1.29 is 19.2 Å². The summed E-state index contributed by atoms with van der Waals surface area (Å²) in [4.78, 5) is 33.7. The third-order valence-electron chi connectivity index (χ3n) is 3.61. The van der Waals surface area contributed by atoms with E-state index in [0.29, 0.717) is 5.56 Å². The maximum Gasteiger partial charge on any atom is 0.269 e. The third kappa shape index (κ3) is 5.99. The maximum absolute atomic E-state index is 11.9. The number of nitrogens with zero attached hydrogens (tertiary/aromatic N) is 1. The summed E-state index contributed by atoms with van der Waals surface area (Å²) in [6.45, 7) is 0.0663. The summed E-state index contributed by atoms with van der Waals surface area (Å²) in [6, 6.07) is 14.1. The van der Waals surface area contributed by atoms with Crippen LogP contribution in [-0.4, -0.2) is 29.4 Å². The molecule has 8 heteroatoms. The smallest absolute Gasteiger partial charge is 0.269 e. The van der Waals surface area contributed by atoms with Crippen molar-refractivity contribution in [3.05, 3.63) is 75.8 Å². The van der Waals surface area contributed by atoms with Crippen LogP contribution in [-0.2, 0) is 27.4 Å². The van der Waals surface area contributed by atoms with Crippen molar-refractivity contribution in [2.45, 2.75) is 19.1 Å². The van der Waals surface area contributed by atoms with Gasteiger partial charge in [0, 0.05) is 18.6 Å². The first-order valence-electron chi connectivity index (χ1n) is 7.89. The second kappa shape index (κ2) is 9.28. The highest BCUT2D eigenvalue weighted by Gasteiger charge is 2.19. The molecule has 0 bridgehead atoms. The van der Waals surface area contributed by atoms with Gasteiger partial charge in [-0.1, -0.05) is 42.5 Å². The molecule has 2 aromatic rings. The van der Waals surface area contributed by atoms with Gasteiger partial charge in [-0.15, -0.1) is 0 Å². The van der Waals surface area contributed by atoms with Gasteiger partial charge >= 0.3 is 0 Å². The number of hydrogen-bond acceptors (Lipinski definition) is 5. The summed E-state index contributed by atoms with van der Waals surface area (Å²) in [5, 5.41) is 13.2. The molecule has 2 rings (SSSR count). The molecule has 0 saturated heterocycles. The van der Waals surface area contributed by atoms with Crippen molar-refractivity contribution in [3.8, 4) is 0 Å². The second-order valence-corrected chi connectivity index (χ2v) is 5.63. The van der Waals surface area contributed by atoms with Gasteiger partial charge in [0.2, 0.25) is 11.8 Å². The number of benzene rings is 2. The Morgan fingerprint density at radius 3 is 2.31 bits per heavy atom. The number of primary amides is 1. The van der Waals surface area contributed by atoms with Gasteiger partial charge in [0.15, 0.2) is 0 Å². The van der Waals surface area contributed by atoms with E-state index in [2.05, 4.69) is 5.32 Å². The summed E-state index contributed by atoms with van der Waals surface area (Å²) >= 11 is 0. The topological polar surface area (TPSA) is 125 Å². The average Bonchev–Trinajstić information content (AvgIpc) is 2.62. The van der Waals surface area contributed by atoms with Crippen molar-refractivity contribution in [2.75, 3.05) is 6.61 Å². The molecule has 2 amide bonds. The number of nitrogens with two attached hydrogens (primary N) is 1. The first kappa shape index (κ1) is 19.1. The molecule has 3 N–H and O–H groups in total. The predicted octanol–water partition coefficient (Wildman–Crippen LogP) is 1.32. The van der Waals surface area contributed by atoms with Crippen LogP contribution in [0.2, 0.25) is 0 Å². The fraction of sp³-hybridized carbons (Fsp3) is 0.222. The van der Waals surface area contributed by atoms with E-state index < -0.39 is 22.8 Å². The molecule has 0 heterocycles. The highest BCUT2D eigenvalue weighted by molar-refractivity contribution is 5.87. The number of rotatable bonds is 9. The maximum atomic E-state index is 11.9. The van der Waals surface area contributed by atoms with Crippen LogP contribution in [0.5, 0.6) is 0 Å². The highest BCUT2D eigenvalue weighted by Crippen LogP contribution is 2.13. The predicted molar refractivity (Wildman–Crippen MR) is 94.0 cm³/mol. The van der Waals surface area contributed by atoms with E-state index in [1.807, 2.05) is 30.3 Å². The zero-order valence-corrected chi connectivity index (χ0v) is 14.0. The minimum absolute atomic E-state index is 0.0530. The molecule has 0 fully saturated rings. The van der Waals surface area contributed by atoms with Crippen molar-refractivity contribution >= 4 is 17.5 Å². The minimum Gasteiger partial charge on any atom is -0.368 e. The second-order valence-electron chi connectivity index (χ2n) is 5.63. The van der Waals surface area contributed by atoms with E-state index >= 15 is 0 Å². The van der Waals surface area contributed by atoms with Crippen LogP contribution in [0.15, 0.2) is 54.6 Å². The normalized spacial score (nSPS) is 11.5. The van der Waals surface area contributed by atoms with Crippen molar-refractivity contribution in [1.29, 1.82) is 0 Å². The van der Waals surface area contributed by atoms with E-state index in [1.54, 1.807) is 0 Å². The number of nitro benzene ring substituents is 1. The largest absolute Gasteiger partial charge is 0.368 e. The Morgan fingerprint density at radius 2 is 1.73 bits per heavy atom. The molecule has 0 aliphatic rings. The van der Waals surface area contributed by atoms with Gasteiger partial charge in [0.1, 0.15) is 12.6 Å². The Kier molecular flexibility index (Phi) is 6.81. The molecule has 136 valence electrons. The van der Waals surface area contributed by atoms with Gasteiger partial charge < -0.3 is 15.8 Å². The van der Waals surface area contributed by atoms with Gasteiger partial charge in [0.25, 0.3) is 5.69 Å². The zero-order chi connectivity index (χ0) is 18.9. The average molecular weight is 357 g/mol. The molecule has 0 saturated carbocycles. The standard InChI is InChI=1S/C18H19N3O5/c19-18(23)16(10-13-6-8-15(9-7-13)21(24)25)20-17(22)12-26-11-14-4-2-1-3-5-14/h1-9,16H,10-12H2,(H2,19,23)(H,20,22)/t16-/m0/s1. The Hall–Kier alpha value is -3.26. The minimum atomic E-state index is -0.927. The summed E-state index contributed by atoms with van der Waals surface area (Å²) in [5.41, 5.74) is 6.85. The van der Waals surface area contributed by atoms with Gasteiger partial charge in [0.05, 0.1) is 11.5 Å². The lowest BCUT2D eigenvalue weighted by Crippen LogP contribution is -2.47. The van der Waals surface area contributed by atoms with Gasteiger partial charge in [-0.25, -0.2) is 0 Å². The molecule has 8 nitrogen and oxygen atoms in total. The molecule has 0 aliphatic carbocycles. The molecule has 0 radical (unpaired) electrons. The van der Waals surface area contributed by atoms with Crippen LogP contribution in [0, 0.1) is 10.1 Å². The number of nitro groups is 1. The number of nitrogens with one attached hydrogen (secondary N) is 1. The molecule has 0 aromatic heterocycles. The fourth-order valence-electron chi connectivity index (χ4n) is 2.28. The van der Waals surface area contributed by atoms with Crippen molar-refractivity contribution in [1.82, 2.24) is 5.32 Å². The number of amides is 2. The van der Waals surface area contributed by atoms with E-state index in [0.717, 1.165) is 5.56 Å². The number of ether oxygens (including phenoxy) is 1. The molecule has 2 aromatic carbocycles. The Morgan fingerprint density at radius 1 is 1.08 bits per heavy atom. The lowest BCUT2D eigenvalue weighted by atomic mass is 10.1. The molecule has 0 spiro atoms. The van der Waals surface area contributed by atoms with Crippen LogP contribution < -0.4 is 11.1 Å². The van der Waals surface area contributed by atoms with Crippen LogP contribution in [0.3, 0.4) is 0 Å². The monoisotopic (exact) mass is 357 g/mol. The Balaban J connectivity index is 1.85. The number of non-ortho nitro benzene ring substituents is 1. The molecular formula is C18H19N3O5. The van der Waals surface area contributed by atoms with E-state index in [9.17, 15) is 19.7 Å². The van der Waals surface area contributed by atoms with Crippen LogP contribution in [0.25, 0.3) is 0 Å². The van der Waals surface area contributed by atoms with E-state index in [1.165, 1.54) is 24.3 Å². The van der Waals surface area contributed by atoms with Crippen molar-refractivity contribution in [3.63, 3.8) is 0 Å². The fourth-order valence-corrected chi connectivity index (χ4v) is 2.28. The summed E-state index contributed by atoms with van der Waals surface area (Å²) in [7, 11) is 0. The molecule has 26 heavy (non-hydrogen) atoms. The van der Waals surface area contributed by atoms with Crippen LogP contribution >= 0.6 is 0 Å². The first-order valence-corrected chi connectivity index (χ1v) is 7.89.